The minimum atomic E-state index is -0.896. The molecule has 0 aliphatic rings. The molecule has 1 atom stereocenters. The number of amides is 1. The first kappa shape index (κ1) is 18.7. The number of amidine groups is 1. The molecule has 0 saturated carbocycles. The van der Waals surface area contributed by atoms with Gasteiger partial charge in [0, 0.05) is 6.04 Å². The standard InChI is InChI=1S/C15H31N3O2/c1-5-8-9-10-11-12(4)17-14(19)15(6-2,7-3)13(16)18-20/h12,20H,5-11H2,1-4H3,(H2,16,18)(H,17,19). The number of unbranched alkanes of at least 4 members (excludes halogenated alkanes) is 3. The molecule has 5 nitrogen and oxygen atoms in total. The molecule has 118 valence electrons. The second kappa shape index (κ2) is 9.61. The summed E-state index contributed by atoms with van der Waals surface area (Å²) in [6.07, 6.45) is 6.76. The maximum atomic E-state index is 12.4. The molecule has 5 heteroatoms. The number of hydrogen-bond acceptors (Lipinski definition) is 3. The normalized spacial score (nSPS) is 14.1. The van der Waals surface area contributed by atoms with E-state index in [0.717, 1.165) is 12.8 Å². The average molecular weight is 285 g/mol. The zero-order chi connectivity index (χ0) is 15.6. The highest BCUT2D eigenvalue weighted by Crippen LogP contribution is 2.27. The van der Waals surface area contributed by atoms with Crippen molar-refractivity contribution in [3.05, 3.63) is 0 Å². The van der Waals surface area contributed by atoms with E-state index < -0.39 is 5.41 Å². The molecule has 0 radical (unpaired) electrons. The SMILES string of the molecule is CCCCCCC(C)NC(=O)C(CC)(CC)C(N)=NO. The summed E-state index contributed by atoms with van der Waals surface area (Å²) >= 11 is 0. The molecular weight excluding hydrogens is 254 g/mol. The van der Waals surface area contributed by atoms with Crippen LogP contribution in [0, 0.1) is 5.41 Å². The van der Waals surface area contributed by atoms with Gasteiger partial charge in [0.05, 0.1) is 0 Å². The van der Waals surface area contributed by atoms with Gasteiger partial charge in [0.2, 0.25) is 5.91 Å². The van der Waals surface area contributed by atoms with E-state index in [0.29, 0.717) is 12.8 Å². The Labute approximate surface area is 123 Å². The zero-order valence-corrected chi connectivity index (χ0v) is 13.4. The summed E-state index contributed by atoms with van der Waals surface area (Å²) in [7, 11) is 0. The summed E-state index contributed by atoms with van der Waals surface area (Å²) in [6.45, 7) is 7.95. The summed E-state index contributed by atoms with van der Waals surface area (Å²) in [5, 5.41) is 15.0. The van der Waals surface area contributed by atoms with Crippen LogP contribution in [0.2, 0.25) is 0 Å². The van der Waals surface area contributed by atoms with Gasteiger partial charge in [-0.1, -0.05) is 51.6 Å². The summed E-state index contributed by atoms with van der Waals surface area (Å²) < 4.78 is 0. The Morgan fingerprint density at radius 2 is 1.85 bits per heavy atom. The van der Waals surface area contributed by atoms with Crippen LogP contribution in [0.5, 0.6) is 0 Å². The van der Waals surface area contributed by atoms with Gasteiger partial charge in [0.25, 0.3) is 0 Å². The summed E-state index contributed by atoms with van der Waals surface area (Å²) in [6, 6.07) is 0.114. The predicted molar refractivity (Wildman–Crippen MR) is 82.8 cm³/mol. The molecule has 0 aromatic rings. The lowest BCUT2D eigenvalue weighted by Gasteiger charge is -2.30. The van der Waals surface area contributed by atoms with Crippen LogP contribution >= 0.6 is 0 Å². The van der Waals surface area contributed by atoms with E-state index in [4.69, 9.17) is 10.9 Å². The van der Waals surface area contributed by atoms with E-state index in [1.165, 1.54) is 19.3 Å². The van der Waals surface area contributed by atoms with Gasteiger partial charge in [0.1, 0.15) is 5.41 Å². The lowest BCUT2D eigenvalue weighted by molar-refractivity contribution is -0.128. The second-order valence-corrected chi connectivity index (χ2v) is 5.50. The molecule has 0 fully saturated rings. The molecule has 0 aliphatic carbocycles. The Balaban J connectivity index is 4.54. The lowest BCUT2D eigenvalue weighted by atomic mass is 9.80. The van der Waals surface area contributed by atoms with Crippen molar-refractivity contribution < 1.29 is 10.0 Å². The number of oxime groups is 1. The van der Waals surface area contributed by atoms with Crippen LogP contribution in [0.3, 0.4) is 0 Å². The molecule has 1 unspecified atom stereocenters. The third-order valence-electron chi connectivity index (χ3n) is 4.11. The van der Waals surface area contributed by atoms with Gasteiger partial charge >= 0.3 is 0 Å². The van der Waals surface area contributed by atoms with Crippen LogP contribution in [0.4, 0.5) is 0 Å². The topological polar surface area (TPSA) is 87.7 Å². The van der Waals surface area contributed by atoms with Crippen molar-refractivity contribution in [2.24, 2.45) is 16.3 Å². The van der Waals surface area contributed by atoms with Crippen LogP contribution in [-0.4, -0.2) is 23.0 Å². The van der Waals surface area contributed by atoms with E-state index in [-0.39, 0.29) is 17.8 Å². The van der Waals surface area contributed by atoms with Crippen molar-refractivity contribution in [1.82, 2.24) is 5.32 Å². The molecule has 0 aromatic heterocycles. The lowest BCUT2D eigenvalue weighted by Crippen LogP contribution is -2.51. The molecule has 0 bridgehead atoms. The zero-order valence-electron chi connectivity index (χ0n) is 13.4. The summed E-state index contributed by atoms with van der Waals surface area (Å²) in [5.41, 5.74) is 4.83. The molecule has 1 amide bonds. The van der Waals surface area contributed by atoms with Crippen LogP contribution in [0.25, 0.3) is 0 Å². The number of rotatable bonds is 10. The molecule has 0 aliphatic heterocycles. The maximum absolute atomic E-state index is 12.4. The van der Waals surface area contributed by atoms with Gasteiger partial charge in [-0.2, -0.15) is 0 Å². The van der Waals surface area contributed by atoms with Crippen molar-refractivity contribution >= 4 is 11.7 Å². The number of carbonyl (C=O) groups is 1. The Morgan fingerprint density at radius 1 is 1.25 bits per heavy atom. The second-order valence-electron chi connectivity index (χ2n) is 5.50. The third-order valence-corrected chi connectivity index (χ3v) is 4.11. The third kappa shape index (κ3) is 5.02. The highest BCUT2D eigenvalue weighted by Gasteiger charge is 2.40. The van der Waals surface area contributed by atoms with Gasteiger partial charge in [-0.3, -0.25) is 4.79 Å². The van der Waals surface area contributed by atoms with Crippen molar-refractivity contribution in [1.29, 1.82) is 0 Å². The minimum absolute atomic E-state index is 0.00168. The van der Waals surface area contributed by atoms with Crippen molar-refractivity contribution in [2.45, 2.75) is 78.7 Å². The smallest absolute Gasteiger partial charge is 0.234 e. The number of carbonyl (C=O) groups excluding carboxylic acids is 1. The van der Waals surface area contributed by atoms with Gasteiger partial charge in [-0.05, 0) is 26.2 Å². The van der Waals surface area contributed by atoms with Crippen molar-refractivity contribution in [3.8, 4) is 0 Å². The average Bonchev–Trinajstić information content (AvgIpc) is 2.45. The molecule has 0 rings (SSSR count). The fraction of sp³-hybridized carbons (Fsp3) is 0.867. The highest BCUT2D eigenvalue weighted by molar-refractivity contribution is 6.06. The van der Waals surface area contributed by atoms with Gasteiger partial charge in [-0.15, -0.1) is 0 Å². The Hall–Kier alpha value is -1.26. The largest absolute Gasteiger partial charge is 0.409 e. The van der Waals surface area contributed by atoms with Gasteiger partial charge in [0.15, 0.2) is 5.84 Å². The number of hydrogen-bond donors (Lipinski definition) is 3. The number of nitrogens with one attached hydrogen (secondary N) is 1. The maximum Gasteiger partial charge on any atom is 0.234 e. The number of nitrogens with two attached hydrogens (primary N) is 1. The van der Waals surface area contributed by atoms with E-state index in [1.807, 2.05) is 20.8 Å². The van der Waals surface area contributed by atoms with Crippen LogP contribution in [0.1, 0.15) is 72.6 Å². The summed E-state index contributed by atoms with van der Waals surface area (Å²) in [4.78, 5) is 12.4. The molecule has 4 N–H and O–H groups in total. The number of nitrogens with zero attached hydrogens (tertiary/aromatic N) is 1. The van der Waals surface area contributed by atoms with Crippen molar-refractivity contribution in [3.63, 3.8) is 0 Å². The van der Waals surface area contributed by atoms with E-state index in [1.54, 1.807) is 0 Å². The molecule has 0 aromatic carbocycles. The monoisotopic (exact) mass is 285 g/mol. The Bertz CT molecular complexity index is 312. The highest BCUT2D eigenvalue weighted by atomic mass is 16.4. The van der Waals surface area contributed by atoms with Crippen LogP contribution in [-0.2, 0) is 4.79 Å². The van der Waals surface area contributed by atoms with Crippen LogP contribution in [0.15, 0.2) is 5.16 Å². The van der Waals surface area contributed by atoms with E-state index in [2.05, 4.69) is 17.4 Å². The Morgan fingerprint density at radius 3 is 2.30 bits per heavy atom. The molecule has 0 saturated heterocycles. The van der Waals surface area contributed by atoms with E-state index in [9.17, 15) is 4.79 Å². The first-order chi connectivity index (χ1) is 9.48. The van der Waals surface area contributed by atoms with Gasteiger partial charge in [-0.25, -0.2) is 0 Å². The fourth-order valence-corrected chi connectivity index (χ4v) is 2.46. The van der Waals surface area contributed by atoms with Crippen LogP contribution < -0.4 is 11.1 Å². The summed E-state index contributed by atoms with van der Waals surface area (Å²) in [5.74, 6) is -0.140. The molecular formula is C15H31N3O2. The molecule has 20 heavy (non-hydrogen) atoms. The first-order valence-corrected chi connectivity index (χ1v) is 7.77. The van der Waals surface area contributed by atoms with Crippen molar-refractivity contribution in [2.75, 3.05) is 0 Å². The first-order valence-electron chi connectivity index (χ1n) is 7.77. The molecule has 0 heterocycles. The Kier molecular flexibility index (Phi) is 9.01. The predicted octanol–water partition coefficient (Wildman–Crippen LogP) is 3.01. The quantitative estimate of drug-likeness (QED) is 0.189. The fourth-order valence-electron chi connectivity index (χ4n) is 2.46. The van der Waals surface area contributed by atoms with E-state index >= 15 is 0 Å². The minimum Gasteiger partial charge on any atom is -0.409 e. The molecule has 0 spiro atoms. The van der Waals surface area contributed by atoms with Gasteiger partial charge < -0.3 is 16.3 Å².